The fourth-order valence-electron chi connectivity index (χ4n) is 9.60. The highest BCUT2D eigenvalue weighted by Crippen LogP contribution is 2.29. The molecule has 0 spiro atoms. The van der Waals surface area contributed by atoms with Crippen LogP contribution in [0.1, 0.15) is 112 Å². The summed E-state index contributed by atoms with van der Waals surface area (Å²) in [6.07, 6.45) is 0.116. The number of rotatable bonds is 22. The average molecular weight is 1330 g/mol. The number of hydrogen-bond acceptors (Lipinski definition) is 17. The zero-order chi connectivity index (χ0) is 63.2. The number of sulfonamides is 1. The maximum absolute atomic E-state index is 13.7. The number of hydrogen-bond donors (Lipinski definition) is 6. The zero-order valence-electron chi connectivity index (χ0n) is 45.7. The highest BCUT2D eigenvalue weighted by atomic mass is 35.5. The van der Waals surface area contributed by atoms with Gasteiger partial charge in [-0.1, -0.05) is 104 Å². The zero-order valence-corrected chi connectivity index (χ0v) is 49.5. The molecule has 4 heterocycles. The van der Waals surface area contributed by atoms with Gasteiger partial charge in [0.2, 0.25) is 39.6 Å². The van der Waals surface area contributed by atoms with E-state index in [9.17, 15) is 81.0 Å². The Morgan fingerprint density at radius 1 is 0.591 bits per heavy atom. The predicted molar refractivity (Wildman–Crippen MR) is 315 cm³/mol. The van der Waals surface area contributed by atoms with Crippen molar-refractivity contribution in [1.82, 2.24) is 40.7 Å². The number of amides is 7. The number of carbonyl (C=O) groups excluding carboxylic acids is 11. The largest absolute Gasteiger partial charge is 0.481 e. The van der Waals surface area contributed by atoms with Crippen molar-refractivity contribution in [3.63, 3.8) is 0 Å². The van der Waals surface area contributed by atoms with Crippen LogP contribution < -0.4 is 20.7 Å². The van der Waals surface area contributed by atoms with E-state index < -0.39 is 149 Å². The van der Waals surface area contributed by atoms with E-state index in [-0.39, 0.29) is 104 Å². The molecule has 0 bridgehead atoms. The smallest absolute Gasteiger partial charge is 0.341 e. The molecule has 0 saturated carbocycles. The number of carboxylic acids is 2. The molecular weight excluding hydrogens is 1260 g/mol. The number of benzene rings is 3. The number of carbonyl (C=O) groups is 13. The second kappa shape index (κ2) is 33.0. The van der Waals surface area contributed by atoms with Crippen molar-refractivity contribution in [2.45, 2.75) is 128 Å². The summed E-state index contributed by atoms with van der Waals surface area (Å²) >= 11 is 23.9. The number of fused-ring (bicyclic) bond motifs is 2. The number of aryl methyl sites for hydroxylation is 1. The quantitative estimate of drug-likeness (QED) is 0.0781. The van der Waals surface area contributed by atoms with Gasteiger partial charge in [-0.05, 0) is 74.8 Å². The lowest BCUT2D eigenvalue weighted by Crippen LogP contribution is -2.64. The second-order valence-electron chi connectivity index (χ2n) is 19.9. The van der Waals surface area contributed by atoms with Crippen LogP contribution in [0.4, 0.5) is 0 Å². The number of halogens is 4. The molecule has 4 aliphatic rings. The molecule has 4 aliphatic heterocycles. The van der Waals surface area contributed by atoms with E-state index >= 15 is 0 Å². The molecule has 2 unspecified atom stereocenters. The van der Waals surface area contributed by atoms with Gasteiger partial charge < -0.3 is 35.6 Å². The molecular formula is C56H66Cl4N8O19S. The lowest BCUT2D eigenvalue weighted by Gasteiger charge is -2.43. The number of nitrogens with zero attached hydrogens (tertiary/aromatic N) is 4. The van der Waals surface area contributed by atoms with Crippen LogP contribution in [0.25, 0.3) is 0 Å². The molecule has 7 amide bonds. The molecule has 4 saturated heterocycles. The first-order valence-electron chi connectivity index (χ1n) is 26.5. The minimum Gasteiger partial charge on any atom is -0.481 e. The summed E-state index contributed by atoms with van der Waals surface area (Å²) in [7, 11) is -3.84. The molecule has 4 fully saturated rings. The third-order valence-corrected chi connectivity index (χ3v) is 15.7. The molecule has 88 heavy (non-hydrogen) atoms. The number of Topliss-reactive ketones (excluding diaryl/α,β-unsaturated/α-hetero) is 2. The van der Waals surface area contributed by atoms with Crippen LogP contribution in [0.15, 0.2) is 66.7 Å². The van der Waals surface area contributed by atoms with Crippen LogP contribution >= 0.6 is 46.4 Å². The minimum atomic E-state index is -3.84. The summed E-state index contributed by atoms with van der Waals surface area (Å²) in [5.74, 6) is -11.6. The molecule has 3 aromatic rings. The van der Waals surface area contributed by atoms with Gasteiger partial charge in [0.15, 0.2) is 24.8 Å². The molecule has 0 aliphatic carbocycles. The van der Waals surface area contributed by atoms with Crippen molar-refractivity contribution in [3.8, 4) is 0 Å². The van der Waals surface area contributed by atoms with Crippen molar-refractivity contribution in [3.05, 3.63) is 104 Å². The standard InChI is InChI=1S/C31H32Cl2N4O9.C23H26Cl2N4O10S.2CH4/c32-19-8-4-9-20(33)28(19)31(45)46-17-24(38)22(16-27(41)42)35-29(43)23-10-5-15-36-26(40)14-12-21(30(44)37(23)36)34-25(39)13-11-18-6-2-1-3-7-18;1-40(37,38)27-14-7-8-18(31)28-9-3-6-16(29(28)22(14)35)21(34)26-15(10-19(32)33)17(30)11-39-23(36)20-12(24)4-2-5-13(20)25;;/h1-4,6-9,21-23H,5,10-17H2,(H,34,39)(H,35,43)(H,41,42);2,4-5,14-16,27H,3,6-11H2,1H3,(H,26,34)(H,32,33);2*1H4/t21?,22-,23-;14?,15-,16-;;/m00../s1. The summed E-state index contributed by atoms with van der Waals surface area (Å²) in [5, 5.41) is 30.0. The van der Waals surface area contributed by atoms with E-state index in [2.05, 4.69) is 20.7 Å². The van der Waals surface area contributed by atoms with E-state index in [0.29, 0.717) is 19.3 Å². The van der Waals surface area contributed by atoms with E-state index in [1.807, 2.05) is 30.3 Å². The highest BCUT2D eigenvalue weighted by Gasteiger charge is 2.47. The Labute approximate surface area is 525 Å². The summed E-state index contributed by atoms with van der Waals surface area (Å²) in [5.41, 5.74) is 0.541. The van der Waals surface area contributed by atoms with E-state index in [4.69, 9.17) is 55.9 Å². The van der Waals surface area contributed by atoms with Gasteiger partial charge in [-0.2, -0.15) is 0 Å². The van der Waals surface area contributed by atoms with Gasteiger partial charge in [0.1, 0.15) is 36.3 Å². The molecule has 478 valence electrons. The molecule has 7 rings (SSSR count). The van der Waals surface area contributed by atoms with Crippen LogP contribution in [0, 0.1) is 0 Å². The Hall–Kier alpha value is -7.76. The lowest BCUT2D eigenvalue weighted by atomic mass is 10.0. The first-order valence-corrected chi connectivity index (χ1v) is 29.9. The number of hydrazine groups is 2. The predicted octanol–water partition coefficient (Wildman–Crippen LogP) is 3.72. The Balaban J connectivity index is 0.000000372. The average Bonchev–Trinajstić information content (AvgIpc) is 1.64. The summed E-state index contributed by atoms with van der Waals surface area (Å²) in [4.78, 5) is 166. The summed E-state index contributed by atoms with van der Waals surface area (Å²) in [6.45, 7) is -1.59. The van der Waals surface area contributed by atoms with E-state index in [1.54, 1.807) is 0 Å². The van der Waals surface area contributed by atoms with Crippen molar-refractivity contribution in [2.75, 3.05) is 32.6 Å². The number of nitrogens with one attached hydrogen (secondary N) is 4. The van der Waals surface area contributed by atoms with Crippen molar-refractivity contribution < 1.29 is 90.4 Å². The Kier molecular flexibility index (Phi) is 27.3. The summed E-state index contributed by atoms with van der Waals surface area (Å²) < 4.78 is 35.7. The van der Waals surface area contributed by atoms with Crippen LogP contribution in [-0.4, -0.2) is 184 Å². The van der Waals surface area contributed by atoms with Crippen LogP contribution in [0.3, 0.4) is 0 Å². The highest BCUT2D eigenvalue weighted by molar-refractivity contribution is 7.88. The SMILES string of the molecule is C.C.CS(=O)(=O)NC1CCC(=O)N2CCC[C@@H](C(=O)N[C@@H](CC(=O)O)C(=O)COC(=O)c3c(Cl)cccc3Cl)N2C1=O.O=C(O)C[C@H](NC(=O)[C@@H]1CCCN2C(=O)CCC(NC(=O)CCc3ccccc3)C(=O)N12)C(=O)COC(=O)c1c(Cl)cccc1Cl. The first kappa shape index (κ1) is 72.7. The van der Waals surface area contributed by atoms with E-state index in [1.165, 1.54) is 36.4 Å². The molecule has 3 aromatic carbocycles. The fourth-order valence-corrected chi connectivity index (χ4v) is 11.4. The summed E-state index contributed by atoms with van der Waals surface area (Å²) in [6, 6.07) is 9.49. The molecule has 0 aromatic heterocycles. The number of aliphatic carboxylic acids is 2. The second-order valence-corrected chi connectivity index (χ2v) is 23.3. The van der Waals surface area contributed by atoms with Gasteiger partial charge >= 0.3 is 23.9 Å². The van der Waals surface area contributed by atoms with Gasteiger partial charge in [-0.15, -0.1) is 0 Å². The first-order chi connectivity index (χ1) is 40.6. The molecule has 6 atom stereocenters. The topological polar surface area (TPSA) is 376 Å². The Bertz CT molecular complexity index is 3250. The van der Waals surface area contributed by atoms with Gasteiger partial charge in [0.05, 0.1) is 50.3 Å². The molecule has 27 nitrogen and oxygen atoms in total. The number of ketones is 2. The Morgan fingerprint density at radius 3 is 1.39 bits per heavy atom. The normalized spacial score (nSPS) is 18.9. The number of ether oxygens (including phenoxy) is 2. The van der Waals surface area contributed by atoms with Crippen LogP contribution in [-0.2, 0) is 78.7 Å². The van der Waals surface area contributed by atoms with Crippen LogP contribution in [0.2, 0.25) is 20.1 Å². The monoisotopic (exact) mass is 1330 g/mol. The third-order valence-electron chi connectivity index (χ3n) is 13.7. The van der Waals surface area contributed by atoms with Crippen molar-refractivity contribution in [1.29, 1.82) is 0 Å². The minimum absolute atomic E-state index is 0. The third kappa shape index (κ3) is 19.6. The lowest BCUT2D eigenvalue weighted by molar-refractivity contribution is -0.176. The van der Waals surface area contributed by atoms with Gasteiger partial charge in [-0.25, -0.2) is 32.7 Å². The van der Waals surface area contributed by atoms with Crippen molar-refractivity contribution in [2.24, 2.45) is 0 Å². The molecule has 6 N–H and O–H groups in total. The number of carboxylic acid groups (broad SMARTS) is 2. The molecule has 0 radical (unpaired) electrons. The number of esters is 2. The molecule has 32 heteroatoms. The maximum Gasteiger partial charge on any atom is 0.341 e. The van der Waals surface area contributed by atoms with Crippen molar-refractivity contribution >= 4 is 133 Å². The van der Waals surface area contributed by atoms with Gasteiger partial charge in [0.25, 0.3) is 11.8 Å². The fraction of sp³-hybridized carbons (Fsp3) is 0.446. The Morgan fingerprint density at radius 2 is 0.989 bits per heavy atom. The maximum atomic E-state index is 13.7. The van der Waals surface area contributed by atoms with Gasteiger partial charge in [-0.3, -0.25) is 62.8 Å². The van der Waals surface area contributed by atoms with Gasteiger partial charge in [0, 0.05) is 32.4 Å². The van der Waals surface area contributed by atoms with Crippen LogP contribution in [0.5, 0.6) is 0 Å². The van der Waals surface area contributed by atoms with E-state index in [0.717, 1.165) is 31.9 Å².